The third-order valence-electron chi connectivity index (χ3n) is 3.62. The predicted molar refractivity (Wildman–Crippen MR) is 75.2 cm³/mol. The maximum atomic E-state index is 11.9. The molecule has 19 heavy (non-hydrogen) atoms. The first kappa shape index (κ1) is 14.2. The molecule has 2 rings (SSSR count). The Morgan fingerprint density at radius 2 is 2.32 bits per heavy atom. The van der Waals surface area contributed by atoms with Crippen LogP contribution in [0.1, 0.15) is 24.8 Å². The lowest BCUT2D eigenvalue weighted by Crippen LogP contribution is -2.48. The van der Waals surface area contributed by atoms with Crippen LogP contribution in [0.4, 0.5) is 0 Å². The van der Waals surface area contributed by atoms with Gasteiger partial charge in [0.05, 0.1) is 6.04 Å². The molecule has 1 fully saturated rings. The van der Waals surface area contributed by atoms with Gasteiger partial charge < -0.3 is 10.4 Å². The fourth-order valence-electron chi connectivity index (χ4n) is 2.55. The molecule has 0 aliphatic carbocycles. The summed E-state index contributed by atoms with van der Waals surface area (Å²) in [4.78, 5) is 14.0. The first-order valence-corrected chi connectivity index (χ1v) is 6.93. The number of phenols is 1. The van der Waals surface area contributed by atoms with Gasteiger partial charge in [0.25, 0.3) is 0 Å². The van der Waals surface area contributed by atoms with Crippen LogP contribution in [0.25, 0.3) is 0 Å². The summed E-state index contributed by atoms with van der Waals surface area (Å²) >= 11 is 6.12. The Bertz CT molecular complexity index is 445. The topological polar surface area (TPSA) is 52.6 Å². The minimum absolute atomic E-state index is 0.0336. The van der Waals surface area contributed by atoms with Crippen LogP contribution in [0, 0.1) is 0 Å². The van der Waals surface area contributed by atoms with E-state index < -0.39 is 0 Å². The average molecular weight is 283 g/mol. The van der Waals surface area contributed by atoms with Crippen LogP contribution in [0.15, 0.2) is 18.2 Å². The van der Waals surface area contributed by atoms with Crippen molar-refractivity contribution in [3.8, 4) is 5.75 Å². The number of carbonyl (C=O) groups excluding carboxylic acids is 1. The zero-order valence-corrected chi connectivity index (χ0v) is 11.8. The van der Waals surface area contributed by atoms with Gasteiger partial charge in [-0.3, -0.25) is 9.69 Å². The molecule has 1 aromatic carbocycles. The lowest BCUT2D eigenvalue weighted by Gasteiger charge is -2.34. The molecule has 1 aliphatic heterocycles. The molecule has 1 heterocycles. The number of halogens is 1. The number of piperidine rings is 1. The van der Waals surface area contributed by atoms with Crippen molar-refractivity contribution < 1.29 is 9.90 Å². The Balaban J connectivity index is 2.18. The van der Waals surface area contributed by atoms with Crippen LogP contribution in [0.3, 0.4) is 0 Å². The molecule has 0 bridgehead atoms. The first-order valence-electron chi connectivity index (χ1n) is 6.55. The molecule has 1 atom stereocenters. The van der Waals surface area contributed by atoms with E-state index in [0.29, 0.717) is 17.1 Å². The maximum absolute atomic E-state index is 11.9. The van der Waals surface area contributed by atoms with Crippen molar-refractivity contribution in [1.29, 1.82) is 0 Å². The molecule has 2 N–H and O–H groups in total. The van der Waals surface area contributed by atoms with E-state index in [-0.39, 0.29) is 17.7 Å². The van der Waals surface area contributed by atoms with Gasteiger partial charge in [0.15, 0.2) is 0 Å². The van der Waals surface area contributed by atoms with E-state index in [9.17, 15) is 9.90 Å². The lowest BCUT2D eigenvalue weighted by atomic mass is 10.0. The number of amides is 1. The molecule has 1 aromatic rings. The van der Waals surface area contributed by atoms with Crippen molar-refractivity contribution in [3.05, 3.63) is 28.8 Å². The van der Waals surface area contributed by atoms with Gasteiger partial charge >= 0.3 is 0 Å². The Labute approximate surface area is 118 Å². The second-order valence-corrected chi connectivity index (χ2v) is 5.24. The first-order chi connectivity index (χ1) is 9.13. The van der Waals surface area contributed by atoms with Crippen molar-refractivity contribution in [2.45, 2.75) is 31.8 Å². The van der Waals surface area contributed by atoms with Gasteiger partial charge in [-0.25, -0.2) is 0 Å². The number of aromatic hydroxyl groups is 1. The van der Waals surface area contributed by atoms with Gasteiger partial charge in [0, 0.05) is 24.2 Å². The molecule has 0 radical (unpaired) electrons. The van der Waals surface area contributed by atoms with Gasteiger partial charge in [-0.2, -0.15) is 0 Å². The normalized spacial score (nSPS) is 20.2. The van der Waals surface area contributed by atoms with Gasteiger partial charge in [-0.1, -0.05) is 24.1 Å². The van der Waals surface area contributed by atoms with Gasteiger partial charge in [0.1, 0.15) is 5.75 Å². The van der Waals surface area contributed by atoms with Crippen LogP contribution in [0.2, 0.25) is 5.02 Å². The number of likely N-dealkylation sites (tertiary alicyclic amines) is 1. The van der Waals surface area contributed by atoms with E-state index in [1.54, 1.807) is 25.2 Å². The summed E-state index contributed by atoms with van der Waals surface area (Å²) in [5.74, 6) is 0.222. The van der Waals surface area contributed by atoms with Crippen molar-refractivity contribution in [3.63, 3.8) is 0 Å². The summed E-state index contributed by atoms with van der Waals surface area (Å²) in [7, 11) is 1.65. The molecule has 0 saturated carbocycles. The minimum Gasteiger partial charge on any atom is -0.508 e. The molecule has 1 aliphatic rings. The zero-order valence-electron chi connectivity index (χ0n) is 11.0. The monoisotopic (exact) mass is 282 g/mol. The quantitative estimate of drug-likeness (QED) is 0.893. The summed E-state index contributed by atoms with van der Waals surface area (Å²) in [6.07, 6.45) is 2.98. The van der Waals surface area contributed by atoms with Crippen molar-refractivity contribution in [2.24, 2.45) is 0 Å². The van der Waals surface area contributed by atoms with Crippen LogP contribution in [0.5, 0.6) is 5.75 Å². The highest BCUT2D eigenvalue weighted by atomic mass is 35.5. The minimum atomic E-state index is -0.130. The highest BCUT2D eigenvalue weighted by molar-refractivity contribution is 6.31. The van der Waals surface area contributed by atoms with E-state index in [2.05, 4.69) is 10.2 Å². The number of likely N-dealkylation sites (N-methyl/N-ethyl adjacent to an activating group) is 1. The fourth-order valence-corrected chi connectivity index (χ4v) is 2.78. The zero-order chi connectivity index (χ0) is 13.8. The Morgan fingerprint density at radius 1 is 1.53 bits per heavy atom. The van der Waals surface area contributed by atoms with E-state index in [1.165, 1.54) is 0 Å². The number of benzene rings is 1. The molecule has 1 unspecified atom stereocenters. The van der Waals surface area contributed by atoms with Crippen LogP contribution in [-0.2, 0) is 11.3 Å². The van der Waals surface area contributed by atoms with Gasteiger partial charge in [0.2, 0.25) is 5.91 Å². The molecule has 1 amide bonds. The molecule has 0 aromatic heterocycles. The molecular weight excluding hydrogens is 264 g/mol. The molecule has 5 heteroatoms. The number of carbonyl (C=O) groups is 1. The van der Waals surface area contributed by atoms with Crippen LogP contribution >= 0.6 is 11.6 Å². The number of hydrogen-bond donors (Lipinski definition) is 2. The third kappa shape index (κ3) is 3.19. The van der Waals surface area contributed by atoms with E-state index in [1.807, 2.05) is 0 Å². The molecule has 104 valence electrons. The number of nitrogens with one attached hydrogen (secondary N) is 1. The molecule has 1 saturated heterocycles. The van der Waals surface area contributed by atoms with Crippen molar-refractivity contribution >= 4 is 17.5 Å². The SMILES string of the molecule is CNC(=O)C1CCCCN1Cc1c(O)cccc1Cl. The largest absolute Gasteiger partial charge is 0.508 e. The van der Waals surface area contributed by atoms with Gasteiger partial charge in [-0.05, 0) is 31.5 Å². The van der Waals surface area contributed by atoms with E-state index in [0.717, 1.165) is 25.8 Å². The fraction of sp³-hybridized carbons (Fsp3) is 0.500. The van der Waals surface area contributed by atoms with Crippen molar-refractivity contribution in [2.75, 3.05) is 13.6 Å². The highest BCUT2D eigenvalue weighted by Gasteiger charge is 2.28. The number of rotatable bonds is 3. The summed E-state index contributed by atoms with van der Waals surface area (Å²) in [5.41, 5.74) is 0.694. The average Bonchev–Trinajstić information content (AvgIpc) is 2.42. The number of phenolic OH excluding ortho intramolecular Hbond substituents is 1. The predicted octanol–water partition coefficient (Wildman–Crippen LogP) is 2.15. The third-order valence-corrected chi connectivity index (χ3v) is 3.97. The molecule has 0 spiro atoms. The number of hydrogen-bond acceptors (Lipinski definition) is 3. The smallest absolute Gasteiger partial charge is 0.237 e. The summed E-state index contributed by atoms with van der Waals surface area (Å²) in [6, 6.07) is 4.97. The lowest BCUT2D eigenvalue weighted by molar-refractivity contribution is -0.127. The second kappa shape index (κ2) is 6.26. The van der Waals surface area contributed by atoms with E-state index in [4.69, 9.17) is 11.6 Å². The standard InChI is InChI=1S/C14H19ClN2O2/c1-16-14(19)12-6-2-3-8-17(12)9-10-11(15)5-4-7-13(10)18/h4-5,7,12,18H,2-3,6,8-9H2,1H3,(H,16,19). The Kier molecular flexibility index (Phi) is 4.66. The molecule has 4 nitrogen and oxygen atoms in total. The Hall–Kier alpha value is -1.26. The van der Waals surface area contributed by atoms with Crippen LogP contribution < -0.4 is 5.32 Å². The second-order valence-electron chi connectivity index (χ2n) is 4.83. The Morgan fingerprint density at radius 3 is 3.00 bits per heavy atom. The van der Waals surface area contributed by atoms with Crippen molar-refractivity contribution in [1.82, 2.24) is 10.2 Å². The van der Waals surface area contributed by atoms with Crippen LogP contribution in [-0.4, -0.2) is 35.5 Å². The van der Waals surface area contributed by atoms with Gasteiger partial charge in [-0.15, -0.1) is 0 Å². The maximum Gasteiger partial charge on any atom is 0.237 e. The number of nitrogens with zero attached hydrogens (tertiary/aromatic N) is 1. The highest BCUT2D eigenvalue weighted by Crippen LogP contribution is 2.29. The summed E-state index contributed by atoms with van der Waals surface area (Å²) in [6.45, 7) is 1.35. The molecular formula is C14H19ClN2O2. The summed E-state index contributed by atoms with van der Waals surface area (Å²) in [5, 5.41) is 13.1. The van der Waals surface area contributed by atoms with E-state index >= 15 is 0 Å². The summed E-state index contributed by atoms with van der Waals surface area (Å²) < 4.78 is 0.